The van der Waals surface area contributed by atoms with Crippen LogP contribution < -0.4 is 15.5 Å². The van der Waals surface area contributed by atoms with Gasteiger partial charge in [-0.1, -0.05) is 11.6 Å². The van der Waals surface area contributed by atoms with Crippen molar-refractivity contribution in [2.45, 2.75) is 26.9 Å². The van der Waals surface area contributed by atoms with Gasteiger partial charge in [0, 0.05) is 51.4 Å². The molecule has 3 heterocycles. The molecule has 1 saturated heterocycles. The highest BCUT2D eigenvalue weighted by Gasteiger charge is 2.26. The Morgan fingerprint density at radius 2 is 1.97 bits per heavy atom. The number of carbonyl (C=O) groups is 2. The Balaban J connectivity index is 1.38. The highest BCUT2D eigenvalue weighted by atomic mass is 35.5. The fourth-order valence-electron chi connectivity index (χ4n) is 4.21. The molecule has 3 amide bonds. The molecule has 0 aliphatic carbocycles. The van der Waals surface area contributed by atoms with Crippen LogP contribution in [0.3, 0.4) is 0 Å². The second-order valence-corrected chi connectivity index (χ2v) is 8.54. The second-order valence-electron chi connectivity index (χ2n) is 8.18. The summed E-state index contributed by atoms with van der Waals surface area (Å²) in [5.74, 6) is -0.531. The maximum Gasteiger partial charge on any atom is 0.322 e. The number of amides is 3. The van der Waals surface area contributed by atoms with Crippen molar-refractivity contribution in [3.8, 4) is 0 Å². The maximum absolute atomic E-state index is 14.7. The summed E-state index contributed by atoms with van der Waals surface area (Å²) in [7, 11) is 0. The molecule has 4 rings (SSSR count). The molecule has 2 N–H and O–H groups in total. The first-order chi connectivity index (χ1) is 15.9. The molecule has 1 aromatic carbocycles. The van der Waals surface area contributed by atoms with Gasteiger partial charge in [-0.3, -0.25) is 9.69 Å². The molecule has 0 bridgehead atoms. The number of nitrogens with one attached hydrogen (secondary N) is 2. The van der Waals surface area contributed by atoms with Gasteiger partial charge in [-0.25, -0.2) is 14.2 Å². The summed E-state index contributed by atoms with van der Waals surface area (Å²) < 4.78 is 14.7. The Morgan fingerprint density at radius 3 is 2.64 bits per heavy atom. The molecule has 2 aromatic rings. The van der Waals surface area contributed by atoms with Crippen LogP contribution in [0.5, 0.6) is 0 Å². The van der Waals surface area contributed by atoms with Gasteiger partial charge in [0.2, 0.25) is 0 Å². The normalized spacial score (nSPS) is 16.4. The van der Waals surface area contributed by atoms with E-state index in [1.54, 1.807) is 17.0 Å². The monoisotopic (exact) mass is 474 g/mol. The van der Waals surface area contributed by atoms with E-state index in [1.165, 1.54) is 0 Å². The van der Waals surface area contributed by atoms with Crippen molar-refractivity contribution in [1.82, 2.24) is 20.1 Å². The van der Waals surface area contributed by atoms with E-state index < -0.39 is 0 Å². The summed E-state index contributed by atoms with van der Waals surface area (Å²) in [5.41, 5.74) is 3.02. The Hall–Kier alpha value is -2.91. The third-order valence-electron chi connectivity index (χ3n) is 6.03. The Kier molecular flexibility index (Phi) is 6.99. The Labute approximate surface area is 197 Å². The van der Waals surface area contributed by atoms with Crippen LogP contribution in [-0.4, -0.2) is 66.0 Å². The SMILES string of the molecule is CCNC(=O)c1ccc(N2CCN(Cc3cc(F)c4c(c3)NC(=O)N(CC)C4)CC2)c(Cl)n1. The van der Waals surface area contributed by atoms with Crippen molar-refractivity contribution in [1.29, 1.82) is 0 Å². The molecule has 8 nitrogen and oxygen atoms in total. The first kappa shape index (κ1) is 23.3. The van der Waals surface area contributed by atoms with E-state index in [0.717, 1.165) is 37.4 Å². The van der Waals surface area contributed by atoms with Crippen LogP contribution in [0.1, 0.15) is 35.5 Å². The van der Waals surface area contributed by atoms with Gasteiger partial charge in [-0.2, -0.15) is 0 Å². The van der Waals surface area contributed by atoms with E-state index in [4.69, 9.17) is 11.6 Å². The van der Waals surface area contributed by atoms with Crippen molar-refractivity contribution in [2.24, 2.45) is 0 Å². The van der Waals surface area contributed by atoms with Crippen molar-refractivity contribution in [3.63, 3.8) is 0 Å². The Bertz CT molecular complexity index is 1060. The molecule has 1 fully saturated rings. The smallest absolute Gasteiger partial charge is 0.322 e. The predicted octanol–water partition coefficient (Wildman–Crippen LogP) is 3.31. The van der Waals surface area contributed by atoms with Crippen LogP contribution in [0.2, 0.25) is 5.15 Å². The second kappa shape index (κ2) is 9.93. The highest BCUT2D eigenvalue weighted by molar-refractivity contribution is 6.32. The van der Waals surface area contributed by atoms with Crippen molar-refractivity contribution in [2.75, 3.05) is 49.5 Å². The number of rotatable bonds is 6. The number of aromatic nitrogens is 1. The summed E-state index contributed by atoms with van der Waals surface area (Å²) in [6, 6.07) is 6.76. The number of pyridine rings is 1. The molecule has 2 aliphatic rings. The Morgan fingerprint density at radius 1 is 1.21 bits per heavy atom. The number of nitrogens with zero attached hydrogens (tertiary/aromatic N) is 4. The van der Waals surface area contributed by atoms with E-state index >= 15 is 0 Å². The molecular weight excluding hydrogens is 447 g/mol. The van der Waals surface area contributed by atoms with Gasteiger partial charge in [-0.05, 0) is 43.7 Å². The molecule has 0 radical (unpaired) electrons. The number of hydrogen-bond donors (Lipinski definition) is 2. The summed E-state index contributed by atoms with van der Waals surface area (Å²) >= 11 is 6.36. The largest absolute Gasteiger partial charge is 0.366 e. The molecule has 0 atom stereocenters. The zero-order valence-electron chi connectivity index (χ0n) is 18.8. The lowest BCUT2D eigenvalue weighted by Gasteiger charge is -2.36. The quantitative estimate of drug-likeness (QED) is 0.628. The van der Waals surface area contributed by atoms with Crippen LogP contribution in [0, 0.1) is 5.82 Å². The van der Waals surface area contributed by atoms with Crippen LogP contribution in [-0.2, 0) is 13.1 Å². The average molecular weight is 475 g/mol. The van der Waals surface area contributed by atoms with Crippen LogP contribution in [0.25, 0.3) is 0 Å². The minimum Gasteiger partial charge on any atom is -0.366 e. The summed E-state index contributed by atoms with van der Waals surface area (Å²) in [4.78, 5) is 34.3. The van der Waals surface area contributed by atoms with Gasteiger partial charge >= 0.3 is 6.03 Å². The average Bonchev–Trinajstić information content (AvgIpc) is 2.79. The minimum absolute atomic E-state index is 0.196. The summed E-state index contributed by atoms with van der Waals surface area (Å²) in [5, 5.41) is 5.83. The lowest BCUT2D eigenvalue weighted by Crippen LogP contribution is -2.46. The van der Waals surface area contributed by atoms with E-state index in [-0.39, 0.29) is 24.3 Å². The van der Waals surface area contributed by atoms with Crippen LogP contribution in [0.15, 0.2) is 24.3 Å². The number of benzene rings is 1. The van der Waals surface area contributed by atoms with E-state index in [9.17, 15) is 14.0 Å². The molecule has 33 heavy (non-hydrogen) atoms. The van der Waals surface area contributed by atoms with Crippen LogP contribution in [0.4, 0.5) is 20.6 Å². The van der Waals surface area contributed by atoms with Gasteiger partial charge in [0.1, 0.15) is 11.5 Å². The van der Waals surface area contributed by atoms with Crippen molar-refractivity contribution < 1.29 is 14.0 Å². The number of piperazine rings is 1. The van der Waals surface area contributed by atoms with Gasteiger partial charge in [0.15, 0.2) is 5.15 Å². The molecular formula is C23H28ClFN6O2. The van der Waals surface area contributed by atoms with Gasteiger partial charge in [0.05, 0.1) is 17.9 Å². The molecule has 1 aromatic heterocycles. The van der Waals surface area contributed by atoms with Crippen molar-refractivity contribution >= 4 is 34.9 Å². The summed E-state index contributed by atoms with van der Waals surface area (Å²) in [6.07, 6.45) is 0. The molecule has 0 unspecified atom stereocenters. The minimum atomic E-state index is -0.287. The fraction of sp³-hybridized carbons (Fsp3) is 0.435. The number of fused-ring (bicyclic) bond motifs is 1. The first-order valence-electron chi connectivity index (χ1n) is 11.2. The van der Waals surface area contributed by atoms with E-state index in [1.807, 2.05) is 26.0 Å². The number of carbonyl (C=O) groups excluding carboxylic acids is 2. The molecule has 0 saturated carbocycles. The zero-order valence-corrected chi connectivity index (χ0v) is 19.6. The van der Waals surface area contributed by atoms with Gasteiger partial charge in [0.25, 0.3) is 5.91 Å². The number of urea groups is 1. The standard InChI is InChI=1S/C23H28ClFN6O2/c1-3-26-22(32)18-5-6-20(21(24)27-18)31-9-7-29(8-10-31)13-15-11-17(25)16-14-30(4-2)23(33)28-19(16)12-15/h5-6,11-12H,3-4,7-10,13-14H2,1-2H3,(H,26,32)(H,28,33). The van der Waals surface area contributed by atoms with Gasteiger partial charge < -0.3 is 20.4 Å². The topological polar surface area (TPSA) is 80.8 Å². The number of halogens is 2. The molecule has 10 heteroatoms. The molecule has 0 spiro atoms. The van der Waals surface area contributed by atoms with E-state index in [2.05, 4.69) is 25.4 Å². The number of anilines is 2. The van der Waals surface area contributed by atoms with Gasteiger partial charge in [-0.15, -0.1) is 0 Å². The van der Waals surface area contributed by atoms with Crippen LogP contribution >= 0.6 is 11.6 Å². The first-order valence-corrected chi connectivity index (χ1v) is 11.6. The lowest BCUT2D eigenvalue weighted by molar-refractivity contribution is 0.0951. The fourth-order valence-corrected chi connectivity index (χ4v) is 4.49. The van der Waals surface area contributed by atoms with E-state index in [0.29, 0.717) is 41.7 Å². The molecule has 2 aliphatic heterocycles. The zero-order chi connectivity index (χ0) is 23.5. The van der Waals surface area contributed by atoms with Crippen molar-refractivity contribution in [3.05, 3.63) is 52.1 Å². The third-order valence-corrected chi connectivity index (χ3v) is 6.31. The highest BCUT2D eigenvalue weighted by Crippen LogP contribution is 2.29. The number of hydrogen-bond acceptors (Lipinski definition) is 5. The summed E-state index contributed by atoms with van der Waals surface area (Å²) in [6.45, 7) is 8.66. The maximum atomic E-state index is 14.7. The third kappa shape index (κ3) is 5.04. The lowest BCUT2D eigenvalue weighted by atomic mass is 10.0. The molecule has 176 valence electrons. The predicted molar refractivity (Wildman–Crippen MR) is 126 cm³/mol.